The van der Waals surface area contributed by atoms with Gasteiger partial charge < -0.3 is 20.5 Å². The van der Waals surface area contributed by atoms with Gasteiger partial charge in [0.2, 0.25) is 11.8 Å². The second-order valence-electron chi connectivity index (χ2n) is 6.88. The first-order valence-electron chi connectivity index (χ1n) is 9.09. The Morgan fingerprint density at radius 2 is 1.96 bits per heavy atom. The average molecular weight is 368 g/mol. The standard InChI is InChI=1S/C20H24N4O3/c1-13(2)24-11-5-6-14(24)12-21-18(25)10-9-17-20(27)22-16-8-4-3-7-15(16)19(26)23-17/h3-8,11,13,17H,9-10,12H2,1-2H3,(H,21,25)(H,22,27)(H,23,26)/t17-/m0/s1. The molecule has 0 aliphatic carbocycles. The van der Waals surface area contributed by atoms with E-state index in [9.17, 15) is 14.4 Å². The van der Waals surface area contributed by atoms with E-state index in [4.69, 9.17) is 0 Å². The predicted molar refractivity (Wildman–Crippen MR) is 102 cm³/mol. The lowest BCUT2D eigenvalue weighted by atomic mass is 10.1. The lowest BCUT2D eigenvalue weighted by Gasteiger charge is -2.15. The third-order valence-electron chi connectivity index (χ3n) is 4.60. The van der Waals surface area contributed by atoms with Gasteiger partial charge in [0.1, 0.15) is 6.04 Å². The summed E-state index contributed by atoms with van der Waals surface area (Å²) in [4.78, 5) is 36.8. The highest BCUT2D eigenvalue weighted by Gasteiger charge is 2.27. The number of carbonyl (C=O) groups excluding carboxylic acids is 3. The van der Waals surface area contributed by atoms with Crippen molar-refractivity contribution in [2.24, 2.45) is 0 Å². The Kier molecular flexibility index (Phi) is 5.59. The van der Waals surface area contributed by atoms with Crippen molar-refractivity contribution in [1.82, 2.24) is 15.2 Å². The Morgan fingerprint density at radius 3 is 2.74 bits per heavy atom. The first-order valence-corrected chi connectivity index (χ1v) is 9.09. The number of fused-ring (bicyclic) bond motifs is 1. The van der Waals surface area contributed by atoms with Gasteiger partial charge in [-0.2, -0.15) is 0 Å². The third kappa shape index (κ3) is 4.36. The van der Waals surface area contributed by atoms with Crippen LogP contribution < -0.4 is 16.0 Å². The zero-order chi connectivity index (χ0) is 19.4. The molecule has 3 rings (SSSR count). The molecule has 1 aromatic carbocycles. The Hall–Kier alpha value is -3.09. The maximum Gasteiger partial charge on any atom is 0.254 e. The molecule has 27 heavy (non-hydrogen) atoms. The summed E-state index contributed by atoms with van der Waals surface area (Å²) in [5.74, 6) is -0.783. The van der Waals surface area contributed by atoms with Crippen LogP contribution in [0.5, 0.6) is 0 Å². The van der Waals surface area contributed by atoms with Crippen molar-refractivity contribution >= 4 is 23.4 Å². The van der Waals surface area contributed by atoms with Crippen LogP contribution in [0.2, 0.25) is 0 Å². The molecule has 3 N–H and O–H groups in total. The molecule has 0 spiro atoms. The minimum absolute atomic E-state index is 0.150. The second kappa shape index (κ2) is 8.07. The number of amides is 3. The summed E-state index contributed by atoms with van der Waals surface area (Å²) in [6, 6.07) is 10.3. The van der Waals surface area contributed by atoms with Crippen molar-refractivity contribution in [2.75, 3.05) is 5.32 Å². The lowest BCUT2D eigenvalue weighted by molar-refractivity contribution is -0.122. The van der Waals surface area contributed by atoms with E-state index in [2.05, 4.69) is 34.4 Å². The van der Waals surface area contributed by atoms with Gasteiger partial charge >= 0.3 is 0 Å². The quantitative estimate of drug-likeness (QED) is 0.730. The Labute approximate surface area is 158 Å². The van der Waals surface area contributed by atoms with Crippen LogP contribution >= 0.6 is 0 Å². The van der Waals surface area contributed by atoms with Gasteiger partial charge in [-0.3, -0.25) is 14.4 Å². The topological polar surface area (TPSA) is 92.2 Å². The fourth-order valence-corrected chi connectivity index (χ4v) is 3.15. The van der Waals surface area contributed by atoms with E-state index in [1.165, 1.54) is 0 Å². The molecule has 0 unspecified atom stereocenters. The fourth-order valence-electron chi connectivity index (χ4n) is 3.15. The molecule has 2 heterocycles. The summed E-state index contributed by atoms with van der Waals surface area (Å²) < 4.78 is 2.09. The number of nitrogens with zero attached hydrogens (tertiary/aromatic N) is 1. The van der Waals surface area contributed by atoms with Gasteiger partial charge in [0, 0.05) is 24.4 Å². The van der Waals surface area contributed by atoms with Gasteiger partial charge in [-0.1, -0.05) is 12.1 Å². The molecule has 1 atom stereocenters. The number of aromatic nitrogens is 1. The molecule has 3 amide bonds. The molecule has 1 aromatic heterocycles. The summed E-state index contributed by atoms with van der Waals surface area (Å²) in [5, 5.41) is 8.32. The van der Waals surface area contributed by atoms with Gasteiger partial charge in [-0.25, -0.2) is 0 Å². The molecule has 7 heteroatoms. The normalized spacial score (nSPS) is 16.3. The monoisotopic (exact) mass is 368 g/mol. The van der Waals surface area contributed by atoms with E-state index in [-0.39, 0.29) is 30.6 Å². The number of hydrogen-bond acceptors (Lipinski definition) is 3. The average Bonchev–Trinajstić information content (AvgIpc) is 3.08. The maximum absolute atomic E-state index is 12.3. The summed E-state index contributed by atoms with van der Waals surface area (Å²) in [7, 11) is 0. The van der Waals surface area contributed by atoms with Crippen LogP contribution in [-0.2, 0) is 16.1 Å². The van der Waals surface area contributed by atoms with E-state index >= 15 is 0 Å². The fraction of sp³-hybridized carbons (Fsp3) is 0.350. The van der Waals surface area contributed by atoms with Crippen LogP contribution in [0.1, 0.15) is 48.8 Å². The molecule has 0 fully saturated rings. The molecule has 2 aromatic rings. The molecule has 0 saturated carbocycles. The van der Waals surface area contributed by atoms with E-state index in [0.29, 0.717) is 23.8 Å². The predicted octanol–water partition coefficient (Wildman–Crippen LogP) is 2.22. The first-order chi connectivity index (χ1) is 13.0. The third-order valence-corrected chi connectivity index (χ3v) is 4.60. The minimum atomic E-state index is -0.741. The Bertz CT molecular complexity index is 856. The van der Waals surface area contributed by atoms with E-state index in [1.807, 2.05) is 18.3 Å². The van der Waals surface area contributed by atoms with Crippen LogP contribution in [0.4, 0.5) is 5.69 Å². The second-order valence-corrected chi connectivity index (χ2v) is 6.88. The Balaban J connectivity index is 1.54. The molecule has 0 radical (unpaired) electrons. The van der Waals surface area contributed by atoms with Crippen LogP contribution in [0.3, 0.4) is 0 Å². The van der Waals surface area contributed by atoms with Crippen molar-refractivity contribution in [3.05, 3.63) is 53.9 Å². The highest BCUT2D eigenvalue weighted by atomic mass is 16.2. The number of rotatable bonds is 6. The largest absolute Gasteiger partial charge is 0.351 e. The number of para-hydroxylation sites is 1. The smallest absolute Gasteiger partial charge is 0.254 e. The van der Waals surface area contributed by atoms with Crippen LogP contribution in [-0.4, -0.2) is 28.3 Å². The minimum Gasteiger partial charge on any atom is -0.351 e. The highest BCUT2D eigenvalue weighted by Crippen LogP contribution is 2.19. The summed E-state index contributed by atoms with van der Waals surface area (Å²) in [5.41, 5.74) is 1.93. The van der Waals surface area contributed by atoms with Crippen molar-refractivity contribution in [3.63, 3.8) is 0 Å². The maximum atomic E-state index is 12.3. The van der Waals surface area contributed by atoms with Gasteiger partial charge in [-0.15, -0.1) is 0 Å². The van der Waals surface area contributed by atoms with Crippen LogP contribution in [0.15, 0.2) is 42.6 Å². The molecule has 1 aliphatic rings. The first kappa shape index (κ1) is 18.7. The number of hydrogen-bond donors (Lipinski definition) is 3. The lowest BCUT2D eigenvalue weighted by Crippen LogP contribution is -2.42. The molecule has 0 bridgehead atoms. The van der Waals surface area contributed by atoms with Gasteiger partial charge in [0.15, 0.2) is 0 Å². The van der Waals surface area contributed by atoms with E-state index in [0.717, 1.165) is 5.69 Å². The molecular weight excluding hydrogens is 344 g/mol. The zero-order valence-corrected chi connectivity index (χ0v) is 15.5. The number of benzene rings is 1. The van der Waals surface area contributed by atoms with Gasteiger partial charge in [-0.05, 0) is 44.5 Å². The summed E-state index contributed by atoms with van der Waals surface area (Å²) in [6.07, 6.45) is 2.37. The van der Waals surface area contributed by atoms with E-state index in [1.54, 1.807) is 24.3 Å². The summed E-state index contributed by atoms with van der Waals surface area (Å²) in [6.45, 7) is 4.59. The molecule has 7 nitrogen and oxygen atoms in total. The molecule has 0 saturated heterocycles. The van der Waals surface area contributed by atoms with Gasteiger partial charge in [0.25, 0.3) is 5.91 Å². The Morgan fingerprint density at radius 1 is 1.19 bits per heavy atom. The van der Waals surface area contributed by atoms with E-state index < -0.39 is 6.04 Å². The molecule has 1 aliphatic heterocycles. The highest BCUT2D eigenvalue weighted by molar-refractivity contribution is 6.09. The summed E-state index contributed by atoms with van der Waals surface area (Å²) >= 11 is 0. The van der Waals surface area contributed by atoms with Crippen LogP contribution in [0, 0.1) is 0 Å². The van der Waals surface area contributed by atoms with Crippen molar-refractivity contribution < 1.29 is 14.4 Å². The zero-order valence-electron chi connectivity index (χ0n) is 15.5. The van der Waals surface area contributed by atoms with Gasteiger partial charge in [0.05, 0.1) is 17.8 Å². The van der Waals surface area contributed by atoms with Crippen molar-refractivity contribution in [3.8, 4) is 0 Å². The number of nitrogens with one attached hydrogen (secondary N) is 3. The van der Waals surface area contributed by atoms with Crippen molar-refractivity contribution in [2.45, 2.75) is 45.3 Å². The SMILES string of the molecule is CC(C)n1cccc1CNC(=O)CC[C@@H]1NC(=O)c2ccccc2NC1=O. The number of carbonyl (C=O) groups is 3. The molecule has 142 valence electrons. The van der Waals surface area contributed by atoms with Crippen molar-refractivity contribution in [1.29, 1.82) is 0 Å². The molecular formula is C20H24N4O3. The number of anilines is 1. The van der Waals surface area contributed by atoms with Crippen LogP contribution in [0.25, 0.3) is 0 Å².